The lowest BCUT2D eigenvalue weighted by Gasteiger charge is -2.35. The Morgan fingerprint density at radius 2 is 2.32 bits per heavy atom. The van der Waals surface area contributed by atoms with Crippen molar-refractivity contribution in [2.45, 2.75) is 25.7 Å². The maximum absolute atomic E-state index is 11.2. The molecule has 1 aliphatic heterocycles. The number of carbonyl (C=O) groups excluding carboxylic acids is 1. The van der Waals surface area contributed by atoms with Gasteiger partial charge in [-0.1, -0.05) is 15.9 Å². The van der Waals surface area contributed by atoms with Gasteiger partial charge in [-0.05, 0) is 30.7 Å². The lowest BCUT2D eigenvalue weighted by molar-refractivity contribution is -0.142. The molecule has 1 aromatic carbocycles. The van der Waals surface area contributed by atoms with Gasteiger partial charge < -0.3 is 15.6 Å². The molecule has 0 saturated carbocycles. The van der Waals surface area contributed by atoms with Crippen LogP contribution in [0.2, 0.25) is 0 Å². The zero-order valence-corrected chi connectivity index (χ0v) is 12.3. The number of morpholine rings is 1. The van der Waals surface area contributed by atoms with Crippen LogP contribution in [0, 0.1) is 0 Å². The van der Waals surface area contributed by atoms with Gasteiger partial charge in [0.05, 0.1) is 6.10 Å². The molecule has 1 unspecified atom stereocenters. The van der Waals surface area contributed by atoms with Crippen molar-refractivity contribution in [3.63, 3.8) is 0 Å². The number of hydrogen-bond donors (Lipinski definition) is 2. The van der Waals surface area contributed by atoms with Gasteiger partial charge in [-0.2, -0.15) is 0 Å². The maximum atomic E-state index is 11.2. The van der Waals surface area contributed by atoms with Crippen molar-refractivity contribution in [1.29, 1.82) is 0 Å². The minimum atomic E-state index is -0.570. The van der Waals surface area contributed by atoms with Gasteiger partial charge in [0.15, 0.2) is 0 Å². The molecule has 3 N–H and O–H groups in total. The Kier molecular flexibility index (Phi) is 4.44. The van der Waals surface area contributed by atoms with Crippen molar-refractivity contribution >= 4 is 21.8 Å². The monoisotopic (exact) mass is 328 g/mol. The largest absolute Gasteiger partial charge is 0.508 e. The number of carbonyl (C=O) groups is 1. The third-order valence-electron chi connectivity index (χ3n) is 3.08. The smallest absolute Gasteiger partial charge is 0.247 e. The predicted octanol–water partition coefficient (Wildman–Crippen LogP) is 1.23. The highest BCUT2D eigenvalue weighted by Gasteiger charge is 2.29. The third-order valence-corrected chi connectivity index (χ3v) is 3.85. The highest BCUT2D eigenvalue weighted by molar-refractivity contribution is 9.10. The summed E-state index contributed by atoms with van der Waals surface area (Å²) >= 11 is 3.46. The summed E-state index contributed by atoms with van der Waals surface area (Å²) in [5, 5.41) is 9.52. The average molecular weight is 329 g/mol. The fourth-order valence-corrected chi connectivity index (χ4v) is 2.62. The molecule has 5 nitrogen and oxygen atoms in total. The number of nitrogens with zero attached hydrogens (tertiary/aromatic N) is 1. The average Bonchev–Trinajstić information content (AvgIpc) is 2.33. The first-order valence-electron chi connectivity index (χ1n) is 6.10. The van der Waals surface area contributed by atoms with E-state index in [1.54, 1.807) is 18.2 Å². The zero-order chi connectivity index (χ0) is 14.0. The van der Waals surface area contributed by atoms with Crippen LogP contribution >= 0.6 is 15.9 Å². The lowest BCUT2D eigenvalue weighted by Crippen LogP contribution is -2.51. The van der Waals surface area contributed by atoms with Crippen LogP contribution in [0.5, 0.6) is 5.75 Å². The van der Waals surface area contributed by atoms with Crippen LogP contribution in [0.4, 0.5) is 0 Å². The molecule has 1 aromatic rings. The maximum Gasteiger partial charge on any atom is 0.247 e. The zero-order valence-electron chi connectivity index (χ0n) is 10.7. The first kappa shape index (κ1) is 14.3. The fraction of sp³-hybridized carbons (Fsp3) is 0.462. The van der Waals surface area contributed by atoms with Gasteiger partial charge in [0.2, 0.25) is 5.91 Å². The number of rotatable bonds is 3. The molecular weight excluding hydrogens is 312 g/mol. The summed E-state index contributed by atoms with van der Waals surface area (Å²) in [5.41, 5.74) is 6.27. The number of aromatic hydroxyl groups is 1. The Labute approximate surface area is 120 Å². The summed E-state index contributed by atoms with van der Waals surface area (Å²) in [6.45, 7) is 3.75. The molecule has 2 rings (SSSR count). The van der Waals surface area contributed by atoms with E-state index in [2.05, 4.69) is 20.8 Å². The normalized spacial score (nSPS) is 24.3. The first-order valence-corrected chi connectivity index (χ1v) is 6.89. The number of phenols is 1. The lowest BCUT2D eigenvalue weighted by atomic mass is 10.1. The SMILES string of the molecule is C[C@@H]1CN(Cc2cc(O)ccc2Br)CC(C(N)=O)O1. The fourth-order valence-electron chi connectivity index (χ4n) is 2.25. The molecule has 6 heteroatoms. The molecule has 1 heterocycles. The number of amides is 1. The van der Waals surface area contributed by atoms with Gasteiger partial charge in [0.1, 0.15) is 11.9 Å². The minimum Gasteiger partial charge on any atom is -0.508 e. The van der Waals surface area contributed by atoms with Crippen molar-refractivity contribution in [1.82, 2.24) is 4.90 Å². The molecule has 104 valence electrons. The van der Waals surface area contributed by atoms with Crippen LogP contribution in [0.15, 0.2) is 22.7 Å². The Bertz CT molecular complexity index is 481. The Hall–Kier alpha value is -1.11. The highest BCUT2D eigenvalue weighted by Crippen LogP contribution is 2.24. The van der Waals surface area contributed by atoms with Gasteiger partial charge in [-0.3, -0.25) is 9.69 Å². The van der Waals surface area contributed by atoms with Crippen LogP contribution in [0.25, 0.3) is 0 Å². The standard InChI is InChI=1S/C13H17BrN2O3/c1-8-5-16(7-12(19-8)13(15)18)6-9-4-10(17)2-3-11(9)14/h2-4,8,12,17H,5-7H2,1H3,(H2,15,18)/t8-,12?/m1/s1. The molecular formula is C13H17BrN2O3. The van der Waals surface area contributed by atoms with E-state index in [-0.39, 0.29) is 11.9 Å². The Morgan fingerprint density at radius 3 is 3.00 bits per heavy atom. The molecule has 2 atom stereocenters. The number of nitrogens with two attached hydrogens (primary N) is 1. The molecule has 0 bridgehead atoms. The number of phenolic OH excluding ortho intramolecular Hbond substituents is 1. The molecule has 1 aliphatic rings. The molecule has 0 aliphatic carbocycles. The second kappa shape index (κ2) is 5.90. The van der Waals surface area contributed by atoms with Crippen LogP contribution < -0.4 is 5.73 Å². The summed E-state index contributed by atoms with van der Waals surface area (Å²) in [5.74, 6) is -0.211. The van der Waals surface area contributed by atoms with E-state index in [1.807, 2.05) is 6.92 Å². The van der Waals surface area contributed by atoms with Crippen LogP contribution in [-0.4, -0.2) is 41.2 Å². The van der Waals surface area contributed by atoms with E-state index in [0.29, 0.717) is 13.1 Å². The Balaban J connectivity index is 2.09. The van der Waals surface area contributed by atoms with Crippen molar-refractivity contribution in [3.8, 4) is 5.75 Å². The van der Waals surface area contributed by atoms with Crippen LogP contribution in [0.3, 0.4) is 0 Å². The molecule has 19 heavy (non-hydrogen) atoms. The minimum absolute atomic E-state index is 0.0395. The molecule has 0 aromatic heterocycles. The van der Waals surface area contributed by atoms with Crippen molar-refractivity contribution in [3.05, 3.63) is 28.2 Å². The molecule has 1 saturated heterocycles. The number of benzene rings is 1. The predicted molar refractivity (Wildman–Crippen MR) is 74.6 cm³/mol. The second-order valence-electron chi connectivity index (χ2n) is 4.81. The van der Waals surface area contributed by atoms with E-state index in [0.717, 1.165) is 16.6 Å². The summed E-state index contributed by atoms with van der Waals surface area (Å²) in [7, 11) is 0. The number of hydrogen-bond acceptors (Lipinski definition) is 4. The van der Waals surface area contributed by atoms with Gasteiger partial charge in [0.25, 0.3) is 0 Å². The first-order chi connectivity index (χ1) is 8.95. The molecule has 1 amide bonds. The molecule has 1 fully saturated rings. The Morgan fingerprint density at radius 1 is 1.58 bits per heavy atom. The van der Waals surface area contributed by atoms with E-state index in [1.165, 1.54) is 0 Å². The van der Waals surface area contributed by atoms with Crippen molar-refractivity contribution < 1.29 is 14.6 Å². The molecule has 0 radical (unpaired) electrons. The van der Waals surface area contributed by atoms with Gasteiger partial charge in [-0.25, -0.2) is 0 Å². The number of halogens is 1. The third kappa shape index (κ3) is 3.68. The van der Waals surface area contributed by atoms with Crippen molar-refractivity contribution in [2.75, 3.05) is 13.1 Å². The van der Waals surface area contributed by atoms with Gasteiger partial charge in [0, 0.05) is 24.1 Å². The van der Waals surface area contributed by atoms with Gasteiger partial charge in [-0.15, -0.1) is 0 Å². The number of primary amides is 1. The quantitative estimate of drug-likeness (QED) is 0.875. The topological polar surface area (TPSA) is 75.8 Å². The van der Waals surface area contributed by atoms with E-state index >= 15 is 0 Å². The summed E-state index contributed by atoms with van der Waals surface area (Å²) < 4.78 is 6.42. The van der Waals surface area contributed by atoms with Crippen molar-refractivity contribution in [2.24, 2.45) is 5.73 Å². The van der Waals surface area contributed by atoms with Crippen LogP contribution in [-0.2, 0) is 16.1 Å². The van der Waals surface area contributed by atoms with E-state index < -0.39 is 12.0 Å². The summed E-state index contributed by atoms with van der Waals surface area (Å²) in [6.07, 6.45) is -0.609. The van der Waals surface area contributed by atoms with E-state index in [4.69, 9.17) is 10.5 Å². The van der Waals surface area contributed by atoms with E-state index in [9.17, 15) is 9.90 Å². The second-order valence-corrected chi connectivity index (χ2v) is 5.66. The number of ether oxygens (including phenoxy) is 1. The summed E-state index contributed by atoms with van der Waals surface area (Å²) in [6, 6.07) is 5.14. The molecule has 0 spiro atoms. The summed E-state index contributed by atoms with van der Waals surface area (Å²) in [4.78, 5) is 13.3. The highest BCUT2D eigenvalue weighted by atomic mass is 79.9. The van der Waals surface area contributed by atoms with Gasteiger partial charge >= 0.3 is 0 Å². The van der Waals surface area contributed by atoms with Crippen LogP contribution in [0.1, 0.15) is 12.5 Å².